The number of benzene rings is 2. The largest absolute Gasteiger partial charge is 0.322 e. The van der Waals surface area contributed by atoms with Gasteiger partial charge in [0.2, 0.25) is 10.0 Å². The summed E-state index contributed by atoms with van der Waals surface area (Å²) >= 11 is 5.76. The predicted molar refractivity (Wildman–Crippen MR) is 108 cm³/mol. The molecule has 0 bridgehead atoms. The number of piperidine rings is 1. The van der Waals surface area contributed by atoms with Crippen LogP contribution in [0.5, 0.6) is 0 Å². The van der Waals surface area contributed by atoms with Crippen molar-refractivity contribution in [2.75, 3.05) is 18.4 Å². The Morgan fingerprint density at radius 1 is 1.29 bits per heavy atom. The number of hydrogen-bond donors (Lipinski definition) is 2. The fraction of sp³-hybridized carbons (Fsp3) is 0.316. The van der Waals surface area contributed by atoms with Crippen LogP contribution in [0.3, 0.4) is 0 Å². The predicted octanol–water partition coefficient (Wildman–Crippen LogP) is 3.17. The van der Waals surface area contributed by atoms with Crippen LogP contribution in [-0.2, 0) is 14.9 Å². The summed E-state index contributed by atoms with van der Waals surface area (Å²) in [6, 6.07) is 5.30. The van der Waals surface area contributed by atoms with Gasteiger partial charge < -0.3 is 5.32 Å². The Bertz CT molecular complexity index is 1090. The van der Waals surface area contributed by atoms with Crippen LogP contribution in [0.4, 0.5) is 18.9 Å². The highest BCUT2D eigenvalue weighted by Crippen LogP contribution is 2.27. The third-order valence-corrected chi connectivity index (χ3v) is 7.05. The lowest BCUT2D eigenvalue weighted by molar-refractivity contribution is -0.0333. The average molecular weight is 478 g/mol. The monoisotopic (exact) mass is 477 g/mol. The van der Waals surface area contributed by atoms with Gasteiger partial charge in [-0.1, -0.05) is 11.6 Å². The summed E-state index contributed by atoms with van der Waals surface area (Å²) < 4.78 is 68.6. The van der Waals surface area contributed by atoms with Crippen molar-refractivity contribution in [2.24, 2.45) is 5.90 Å². The van der Waals surface area contributed by atoms with Gasteiger partial charge in [-0.3, -0.25) is 9.63 Å². The molecule has 0 aromatic heterocycles. The number of nitrogens with two attached hydrogens (primary N) is 1. The van der Waals surface area contributed by atoms with Crippen molar-refractivity contribution in [3.63, 3.8) is 0 Å². The first-order valence-corrected chi connectivity index (χ1v) is 10.9. The second kappa shape index (κ2) is 9.13. The molecular weight excluding hydrogens is 459 g/mol. The highest BCUT2D eigenvalue weighted by molar-refractivity contribution is 7.89. The fourth-order valence-electron chi connectivity index (χ4n) is 3.21. The molecule has 3 rings (SSSR count). The Kier molecular flexibility index (Phi) is 6.92. The normalized spacial score (nSPS) is 19.9. The Morgan fingerprint density at radius 3 is 2.61 bits per heavy atom. The lowest BCUT2D eigenvalue weighted by Gasteiger charge is -2.32. The van der Waals surface area contributed by atoms with E-state index in [1.165, 1.54) is 19.1 Å². The number of carbonyl (C=O) groups is 1. The van der Waals surface area contributed by atoms with Gasteiger partial charge in [0, 0.05) is 24.3 Å². The molecule has 2 unspecified atom stereocenters. The number of amides is 1. The summed E-state index contributed by atoms with van der Waals surface area (Å²) in [5.74, 6) is 2.49. The molecule has 0 aliphatic carbocycles. The maximum Gasteiger partial charge on any atom is 0.255 e. The third-order valence-electron chi connectivity index (χ3n) is 4.90. The van der Waals surface area contributed by atoms with E-state index in [0.717, 1.165) is 22.5 Å². The van der Waals surface area contributed by atoms with Crippen LogP contribution in [0.15, 0.2) is 35.2 Å². The van der Waals surface area contributed by atoms with E-state index in [-0.39, 0.29) is 34.8 Å². The van der Waals surface area contributed by atoms with Crippen molar-refractivity contribution in [3.8, 4) is 0 Å². The SMILES string of the molecule is Cc1cc(NC(=O)c2ccc(F)c(S(=O)(=O)N3CCC(ON)C(F)C3)c2)cc(Cl)c1F. The maximum absolute atomic E-state index is 14.4. The van der Waals surface area contributed by atoms with E-state index in [2.05, 4.69) is 10.2 Å². The summed E-state index contributed by atoms with van der Waals surface area (Å²) in [4.78, 5) is 16.3. The van der Waals surface area contributed by atoms with Crippen LogP contribution < -0.4 is 11.2 Å². The number of alkyl halides is 1. The molecule has 1 aliphatic rings. The summed E-state index contributed by atoms with van der Waals surface area (Å²) in [5, 5.41) is 2.25. The van der Waals surface area contributed by atoms with Gasteiger partial charge in [-0.25, -0.2) is 27.5 Å². The highest BCUT2D eigenvalue weighted by Gasteiger charge is 2.37. The van der Waals surface area contributed by atoms with Crippen molar-refractivity contribution in [3.05, 3.63) is 58.1 Å². The average Bonchev–Trinajstić information content (AvgIpc) is 2.72. The number of nitrogens with zero attached hydrogens (tertiary/aromatic N) is 1. The molecule has 7 nitrogen and oxygen atoms in total. The molecule has 1 saturated heterocycles. The van der Waals surface area contributed by atoms with Crippen LogP contribution in [-0.4, -0.2) is 44.0 Å². The summed E-state index contributed by atoms with van der Waals surface area (Å²) in [5.41, 5.74) is 0.192. The first kappa shape index (κ1) is 23.5. The molecule has 168 valence electrons. The number of aryl methyl sites for hydroxylation is 1. The molecule has 3 N–H and O–H groups in total. The maximum atomic E-state index is 14.4. The molecular formula is C19H19ClF3N3O4S. The van der Waals surface area contributed by atoms with Crippen molar-refractivity contribution >= 4 is 33.2 Å². The zero-order valence-corrected chi connectivity index (χ0v) is 17.8. The minimum atomic E-state index is -4.43. The Balaban J connectivity index is 1.87. The van der Waals surface area contributed by atoms with Gasteiger partial charge in [0.25, 0.3) is 5.91 Å². The number of hydrogen-bond acceptors (Lipinski definition) is 5. The zero-order chi connectivity index (χ0) is 22.9. The van der Waals surface area contributed by atoms with Crippen LogP contribution in [0, 0.1) is 18.6 Å². The molecule has 2 atom stereocenters. The topological polar surface area (TPSA) is 102 Å². The quantitative estimate of drug-likeness (QED) is 0.644. The van der Waals surface area contributed by atoms with E-state index in [1.54, 1.807) is 0 Å². The minimum absolute atomic E-state index is 0.0105. The smallest absolute Gasteiger partial charge is 0.255 e. The van der Waals surface area contributed by atoms with Crippen LogP contribution in [0.25, 0.3) is 0 Å². The standard InChI is InChI=1S/C19H19ClF3N3O4S/c1-10-6-12(8-13(20)18(10)23)25-19(27)11-2-3-14(21)17(7-11)31(28,29)26-5-4-16(30-24)15(22)9-26/h2-3,6-8,15-16H,4-5,9,24H2,1H3,(H,25,27). The lowest BCUT2D eigenvalue weighted by atomic mass is 10.1. The minimum Gasteiger partial charge on any atom is -0.322 e. The lowest BCUT2D eigenvalue weighted by Crippen LogP contribution is -2.48. The van der Waals surface area contributed by atoms with Gasteiger partial charge >= 0.3 is 0 Å². The van der Waals surface area contributed by atoms with E-state index in [1.807, 2.05) is 0 Å². The number of anilines is 1. The Hall–Kier alpha value is -2.18. The molecule has 0 spiro atoms. The summed E-state index contributed by atoms with van der Waals surface area (Å²) in [6.07, 6.45) is -2.66. The van der Waals surface area contributed by atoms with Crippen molar-refractivity contribution in [1.29, 1.82) is 0 Å². The molecule has 2 aromatic rings. The number of rotatable bonds is 5. The fourth-order valence-corrected chi connectivity index (χ4v) is 5.03. The first-order valence-electron chi connectivity index (χ1n) is 9.11. The second-order valence-corrected chi connectivity index (χ2v) is 9.34. The molecule has 31 heavy (non-hydrogen) atoms. The van der Waals surface area contributed by atoms with Crippen LogP contribution >= 0.6 is 11.6 Å². The van der Waals surface area contributed by atoms with Crippen LogP contribution in [0.1, 0.15) is 22.3 Å². The van der Waals surface area contributed by atoms with E-state index in [9.17, 15) is 26.4 Å². The second-order valence-electron chi connectivity index (χ2n) is 7.03. The van der Waals surface area contributed by atoms with Gasteiger partial charge in [0.15, 0.2) is 0 Å². The molecule has 12 heteroatoms. The number of carbonyl (C=O) groups excluding carboxylic acids is 1. The Labute approximate surface area is 181 Å². The molecule has 1 heterocycles. The van der Waals surface area contributed by atoms with Gasteiger partial charge in [-0.2, -0.15) is 4.31 Å². The molecule has 0 radical (unpaired) electrons. The van der Waals surface area contributed by atoms with E-state index >= 15 is 0 Å². The van der Waals surface area contributed by atoms with Crippen molar-refractivity contribution in [2.45, 2.75) is 30.5 Å². The summed E-state index contributed by atoms with van der Waals surface area (Å²) in [6.45, 7) is 0.762. The molecule has 1 fully saturated rings. The number of sulfonamides is 1. The van der Waals surface area contributed by atoms with Gasteiger partial charge in [0.05, 0.1) is 5.02 Å². The third kappa shape index (κ3) is 4.85. The molecule has 1 amide bonds. The summed E-state index contributed by atoms with van der Waals surface area (Å²) in [7, 11) is -4.43. The van der Waals surface area contributed by atoms with Gasteiger partial charge in [0.1, 0.15) is 28.8 Å². The molecule has 2 aromatic carbocycles. The number of halogens is 4. The van der Waals surface area contributed by atoms with E-state index < -0.39 is 51.3 Å². The Morgan fingerprint density at radius 2 is 2.00 bits per heavy atom. The van der Waals surface area contributed by atoms with Crippen molar-refractivity contribution < 1.29 is 31.2 Å². The highest BCUT2D eigenvalue weighted by atomic mass is 35.5. The van der Waals surface area contributed by atoms with E-state index in [4.69, 9.17) is 17.5 Å². The zero-order valence-electron chi connectivity index (χ0n) is 16.2. The van der Waals surface area contributed by atoms with Gasteiger partial charge in [-0.15, -0.1) is 0 Å². The number of nitrogens with one attached hydrogen (secondary N) is 1. The van der Waals surface area contributed by atoms with Gasteiger partial charge in [-0.05, 0) is 49.2 Å². The van der Waals surface area contributed by atoms with E-state index in [0.29, 0.717) is 0 Å². The molecule has 0 saturated carbocycles. The first-order chi connectivity index (χ1) is 14.5. The van der Waals surface area contributed by atoms with Crippen molar-refractivity contribution in [1.82, 2.24) is 4.31 Å². The van der Waals surface area contributed by atoms with Crippen LogP contribution in [0.2, 0.25) is 5.02 Å². The molecule has 1 aliphatic heterocycles.